The zero-order chi connectivity index (χ0) is 20.5. The molecule has 0 radical (unpaired) electrons. The molecule has 0 aliphatic carbocycles. The van der Waals surface area contributed by atoms with E-state index in [-0.39, 0.29) is 18.4 Å². The summed E-state index contributed by atoms with van der Waals surface area (Å²) < 4.78 is 5.77. The molecular weight excluding hydrogens is 352 g/mol. The lowest BCUT2D eigenvalue weighted by molar-refractivity contribution is -0.142. The van der Waals surface area contributed by atoms with Crippen molar-refractivity contribution in [3.63, 3.8) is 0 Å². The lowest BCUT2D eigenvalue weighted by Crippen LogP contribution is -2.50. The third-order valence-electron chi connectivity index (χ3n) is 4.80. The van der Waals surface area contributed by atoms with Crippen LogP contribution < -0.4 is 10.1 Å². The molecule has 0 heterocycles. The van der Waals surface area contributed by atoms with Gasteiger partial charge in [-0.3, -0.25) is 9.59 Å². The van der Waals surface area contributed by atoms with Crippen LogP contribution in [0.4, 0.5) is 0 Å². The van der Waals surface area contributed by atoms with E-state index in [9.17, 15) is 9.59 Å². The molecule has 0 saturated heterocycles. The Bertz CT molecular complexity index is 790. The largest absolute Gasteiger partial charge is 0.483 e. The van der Waals surface area contributed by atoms with Gasteiger partial charge in [0.1, 0.15) is 11.8 Å². The highest BCUT2D eigenvalue weighted by atomic mass is 16.5. The third-order valence-corrected chi connectivity index (χ3v) is 4.80. The maximum absolute atomic E-state index is 13.0. The number of amides is 2. The van der Waals surface area contributed by atoms with Crippen molar-refractivity contribution in [3.8, 4) is 5.75 Å². The molecule has 2 rings (SSSR count). The van der Waals surface area contributed by atoms with Gasteiger partial charge in [0.05, 0.1) is 0 Å². The Balaban J connectivity index is 2.11. The first-order chi connectivity index (χ1) is 13.5. The van der Waals surface area contributed by atoms with E-state index in [4.69, 9.17) is 4.74 Å². The average molecular weight is 383 g/mol. The molecule has 0 fully saturated rings. The minimum Gasteiger partial charge on any atom is -0.483 e. The number of likely N-dealkylation sites (N-methyl/N-ethyl adjacent to an activating group) is 1. The second kappa shape index (κ2) is 10.5. The molecule has 0 aliphatic rings. The second-order valence-electron chi connectivity index (χ2n) is 6.92. The molecule has 0 bridgehead atoms. The number of carbonyl (C=O) groups excluding carboxylic acids is 2. The fraction of sp³-hybridized carbons (Fsp3) is 0.391. The van der Waals surface area contributed by atoms with Gasteiger partial charge in [-0.15, -0.1) is 0 Å². The van der Waals surface area contributed by atoms with Crippen LogP contribution in [-0.4, -0.2) is 43.0 Å². The highest BCUT2D eigenvalue weighted by Gasteiger charge is 2.27. The highest BCUT2D eigenvalue weighted by Crippen LogP contribution is 2.19. The molecule has 0 spiro atoms. The lowest BCUT2D eigenvalue weighted by Gasteiger charge is -2.30. The van der Waals surface area contributed by atoms with E-state index in [1.54, 1.807) is 11.9 Å². The van der Waals surface area contributed by atoms with Gasteiger partial charge in [-0.2, -0.15) is 0 Å². The van der Waals surface area contributed by atoms with Gasteiger partial charge in [-0.1, -0.05) is 55.0 Å². The van der Waals surface area contributed by atoms with Crippen LogP contribution in [0, 0.1) is 13.8 Å². The van der Waals surface area contributed by atoms with Gasteiger partial charge < -0.3 is 15.0 Å². The Morgan fingerprint density at radius 1 is 1.11 bits per heavy atom. The highest BCUT2D eigenvalue weighted by molar-refractivity contribution is 5.88. The Kier molecular flexibility index (Phi) is 8.05. The van der Waals surface area contributed by atoms with Crippen molar-refractivity contribution in [2.75, 3.05) is 20.2 Å². The number of rotatable bonds is 9. The topological polar surface area (TPSA) is 58.6 Å². The predicted molar refractivity (Wildman–Crippen MR) is 111 cm³/mol. The number of hydrogen-bond acceptors (Lipinski definition) is 3. The number of nitrogens with zero attached hydrogens (tertiary/aromatic N) is 1. The summed E-state index contributed by atoms with van der Waals surface area (Å²) in [6.07, 6.45) is 1.23. The molecule has 0 aromatic heterocycles. The van der Waals surface area contributed by atoms with Crippen molar-refractivity contribution in [1.82, 2.24) is 10.2 Å². The van der Waals surface area contributed by atoms with Crippen molar-refractivity contribution in [3.05, 3.63) is 65.2 Å². The molecule has 0 aliphatic heterocycles. The van der Waals surface area contributed by atoms with E-state index >= 15 is 0 Å². The van der Waals surface area contributed by atoms with E-state index in [1.807, 2.05) is 69.3 Å². The van der Waals surface area contributed by atoms with E-state index in [1.165, 1.54) is 0 Å². The van der Waals surface area contributed by atoms with Crippen LogP contribution in [0.3, 0.4) is 0 Å². The monoisotopic (exact) mass is 382 g/mol. The van der Waals surface area contributed by atoms with Crippen molar-refractivity contribution in [1.29, 1.82) is 0 Å². The van der Waals surface area contributed by atoms with Gasteiger partial charge in [0.15, 0.2) is 6.61 Å². The predicted octanol–water partition coefficient (Wildman–Crippen LogP) is 3.28. The molecule has 0 saturated carbocycles. The van der Waals surface area contributed by atoms with Gasteiger partial charge in [0.25, 0.3) is 5.91 Å². The fourth-order valence-electron chi connectivity index (χ4n) is 3.25. The maximum Gasteiger partial charge on any atom is 0.261 e. The molecule has 2 aromatic rings. The summed E-state index contributed by atoms with van der Waals surface area (Å²) in [6.45, 7) is 6.26. The lowest BCUT2D eigenvalue weighted by atomic mass is 10.1. The minimum absolute atomic E-state index is 0.0911. The average Bonchev–Trinajstić information content (AvgIpc) is 2.70. The van der Waals surface area contributed by atoms with Crippen LogP contribution in [0.15, 0.2) is 48.5 Å². The number of nitrogens with one attached hydrogen (secondary N) is 1. The number of aryl methyl sites for hydroxylation is 2. The molecule has 1 atom stereocenters. The smallest absolute Gasteiger partial charge is 0.261 e. The van der Waals surface area contributed by atoms with Gasteiger partial charge >= 0.3 is 0 Å². The first-order valence-corrected chi connectivity index (χ1v) is 9.71. The molecule has 150 valence electrons. The van der Waals surface area contributed by atoms with Crippen molar-refractivity contribution in [2.24, 2.45) is 0 Å². The van der Waals surface area contributed by atoms with Gasteiger partial charge in [-0.05, 0) is 43.9 Å². The van der Waals surface area contributed by atoms with Crippen LogP contribution in [0.1, 0.15) is 30.0 Å². The van der Waals surface area contributed by atoms with Gasteiger partial charge in [0.2, 0.25) is 5.91 Å². The van der Waals surface area contributed by atoms with Gasteiger partial charge in [0, 0.05) is 13.6 Å². The summed E-state index contributed by atoms with van der Waals surface area (Å²) in [4.78, 5) is 26.9. The molecular formula is C23H30N2O3. The summed E-state index contributed by atoms with van der Waals surface area (Å²) in [5, 5.41) is 2.67. The first-order valence-electron chi connectivity index (χ1n) is 9.71. The second-order valence-corrected chi connectivity index (χ2v) is 6.92. The van der Waals surface area contributed by atoms with Crippen LogP contribution in [0.2, 0.25) is 0 Å². The SMILES string of the molecule is CCC(C(=O)NC)N(CCc1ccccc1)C(=O)COc1ccc(C)cc1C. The zero-order valence-electron chi connectivity index (χ0n) is 17.2. The zero-order valence-corrected chi connectivity index (χ0v) is 17.2. The number of benzene rings is 2. The van der Waals surface area contributed by atoms with E-state index in [0.717, 1.165) is 16.7 Å². The number of carbonyl (C=O) groups is 2. The Morgan fingerprint density at radius 3 is 2.43 bits per heavy atom. The molecule has 5 nitrogen and oxygen atoms in total. The van der Waals surface area contributed by atoms with E-state index < -0.39 is 6.04 Å². The number of ether oxygens (including phenoxy) is 1. The number of hydrogen-bond donors (Lipinski definition) is 1. The van der Waals surface area contributed by atoms with E-state index in [0.29, 0.717) is 25.1 Å². The summed E-state index contributed by atoms with van der Waals surface area (Å²) in [7, 11) is 1.59. The van der Waals surface area contributed by atoms with Crippen LogP contribution in [-0.2, 0) is 16.0 Å². The Morgan fingerprint density at radius 2 is 1.82 bits per heavy atom. The molecule has 1 N–H and O–H groups in total. The normalized spacial score (nSPS) is 11.6. The van der Waals surface area contributed by atoms with Crippen LogP contribution in [0.25, 0.3) is 0 Å². The minimum atomic E-state index is -0.510. The fourth-order valence-corrected chi connectivity index (χ4v) is 3.25. The van der Waals surface area contributed by atoms with Crippen molar-refractivity contribution >= 4 is 11.8 Å². The third kappa shape index (κ3) is 5.84. The molecule has 2 amide bonds. The van der Waals surface area contributed by atoms with Gasteiger partial charge in [-0.25, -0.2) is 0 Å². The molecule has 2 aromatic carbocycles. The summed E-state index contributed by atoms with van der Waals surface area (Å²) >= 11 is 0. The summed E-state index contributed by atoms with van der Waals surface area (Å²) in [6, 6.07) is 15.3. The Labute approximate surface area is 167 Å². The van der Waals surface area contributed by atoms with Crippen molar-refractivity contribution < 1.29 is 14.3 Å². The summed E-state index contributed by atoms with van der Waals surface area (Å²) in [5.41, 5.74) is 3.26. The molecule has 28 heavy (non-hydrogen) atoms. The standard InChI is InChI=1S/C23H30N2O3/c1-5-20(23(27)24-4)25(14-13-19-9-7-6-8-10-19)22(26)16-28-21-12-11-17(2)15-18(21)3/h6-12,15,20H,5,13-14,16H2,1-4H3,(H,24,27). The Hall–Kier alpha value is -2.82. The molecule has 5 heteroatoms. The molecule has 1 unspecified atom stereocenters. The summed E-state index contributed by atoms with van der Waals surface area (Å²) in [5.74, 6) is 0.344. The van der Waals surface area contributed by atoms with Crippen LogP contribution >= 0.6 is 0 Å². The first kappa shape index (κ1) is 21.5. The quantitative estimate of drug-likeness (QED) is 0.724. The van der Waals surface area contributed by atoms with Crippen LogP contribution in [0.5, 0.6) is 5.75 Å². The van der Waals surface area contributed by atoms with E-state index in [2.05, 4.69) is 5.32 Å². The maximum atomic E-state index is 13.0. The van der Waals surface area contributed by atoms with Crippen molar-refractivity contribution in [2.45, 2.75) is 39.7 Å².